The summed E-state index contributed by atoms with van der Waals surface area (Å²) >= 11 is 0.950. The number of nitrogens with zero attached hydrogens (tertiary/aromatic N) is 7. The molecule has 2 saturated carbocycles. The number of fused-ring (bicyclic) bond motifs is 4. The van der Waals surface area contributed by atoms with Gasteiger partial charge in [0, 0.05) is 18.3 Å². The lowest BCUT2D eigenvalue weighted by Crippen LogP contribution is -2.40. The molecule has 2 saturated heterocycles. The summed E-state index contributed by atoms with van der Waals surface area (Å²) in [5.74, 6) is -0.916. The van der Waals surface area contributed by atoms with Gasteiger partial charge in [-0.3, -0.25) is 28.0 Å². The first-order valence-corrected chi connectivity index (χ1v) is 24.1. The summed E-state index contributed by atoms with van der Waals surface area (Å²) < 4.78 is 68.8. The number of nitrogens with one attached hydrogen (secondary N) is 1. The molecule has 330 valence electrons. The fraction of sp³-hybridized carbons (Fsp3) is 0.378. The van der Waals surface area contributed by atoms with Gasteiger partial charge in [0.05, 0.1) is 49.2 Å². The normalized spacial score (nSPS) is 32.7. The molecule has 2 unspecified atom stereocenters. The van der Waals surface area contributed by atoms with Crippen molar-refractivity contribution in [1.29, 1.82) is 0 Å². The van der Waals surface area contributed by atoms with Gasteiger partial charge in [0.1, 0.15) is 41.7 Å². The van der Waals surface area contributed by atoms with Crippen LogP contribution in [0.2, 0.25) is 0 Å². The number of aromatic nitrogens is 8. The van der Waals surface area contributed by atoms with Crippen molar-refractivity contribution in [2.75, 3.05) is 31.8 Å². The number of phosphoric ester groups is 1. The Morgan fingerprint density at radius 1 is 1.02 bits per heavy atom. The van der Waals surface area contributed by atoms with E-state index in [2.05, 4.69) is 29.9 Å². The number of aliphatic hydroxyl groups excluding tert-OH is 1. The second kappa shape index (κ2) is 15.5. The number of aliphatic hydroxyl groups is 1. The van der Waals surface area contributed by atoms with E-state index in [9.17, 15) is 29.3 Å². The van der Waals surface area contributed by atoms with Crippen LogP contribution in [0.1, 0.15) is 34.6 Å². The predicted octanol–water partition coefficient (Wildman–Crippen LogP) is 2.91. The number of phosphoric acid groups is 1. The molecule has 2 aliphatic carbocycles. The van der Waals surface area contributed by atoms with Crippen molar-refractivity contribution in [3.05, 3.63) is 89.0 Å². The van der Waals surface area contributed by atoms with E-state index in [1.54, 1.807) is 28.8 Å². The molecule has 2 aromatic carbocycles. The van der Waals surface area contributed by atoms with E-state index in [4.69, 9.17) is 39.2 Å². The highest BCUT2D eigenvalue weighted by molar-refractivity contribution is 8.56. The predicted molar refractivity (Wildman–Crippen MR) is 221 cm³/mol. The number of phenolic OH excluding ortho intramolecular Hbond substituents is 1. The summed E-state index contributed by atoms with van der Waals surface area (Å²) in [6.07, 6.45) is -2.15. The first kappa shape index (κ1) is 41.7. The van der Waals surface area contributed by atoms with E-state index in [-0.39, 0.29) is 45.7 Å². The van der Waals surface area contributed by atoms with Crippen LogP contribution in [0.25, 0.3) is 22.3 Å². The van der Waals surface area contributed by atoms with Crippen LogP contribution >= 0.6 is 25.8 Å². The molecular weight excluding hydrogens is 886 g/mol. The fourth-order valence-corrected chi connectivity index (χ4v) is 15.8. The van der Waals surface area contributed by atoms with Gasteiger partial charge in [-0.15, -0.1) is 0 Å². The molecule has 0 amide bonds. The van der Waals surface area contributed by atoms with Crippen molar-refractivity contribution in [3.63, 3.8) is 0 Å². The van der Waals surface area contributed by atoms with Crippen molar-refractivity contribution >= 4 is 65.8 Å². The van der Waals surface area contributed by atoms with Crippen LogP contribution < -0.4 is 21.8 Å². The zero-order valence-corrected chi connectivity index (χ0v) is 35.4. The van der Waals surface area contributed by atoms with Crippen molar-refractivity contribution in [3.8, 4) is 11.5 Å². The second-order valence-corrected chi connectivity index (χ2v) is 21.7. The highest BCUT2D eigenvalue weighted by Gasteiger charge is 2.76. The van der Waals surface area contributed by atoms with E-state index >= 15 is 4.57 Å². The second-order valence-electron chi connectivity index (χ2n) is 15.6. The number of phenols is 1. The molecule has 26 heteroatoms. The molecule has 63 heavy (non-hydrogen) atoms. The van der Waals surface area contributed by atoms with Crippen LogP contribution in [-0.4, -0.2) is 111 Å². The van der Waals surface area contributed by atoms with E-state index in [0.717, 1.165) is 11.4 Å². The van der Waals surface area contributed by atoms with E-state index in [0.29, 0.717) is 23.1 Å². The average Bonchev–Trinajstić information content (AvgIpc) is 3.58. The largest absolute Gasteiger partial charge is 0.508 e. The number of anilines is 2. The number of nitrogens with two attached hydrogens (primary N) is 2. The summed E-state index contributed by atoms with van der Waals surface area (Å²) in [7, 11) is -3.71. The molecule has 4 aromatic heterocycles. The summed E-state index contributed by atoms with van der Waals surface area (Å²) in [4.78, 5) is 60.3. The Bertz CT molecular complexity index is 2920. The number of benzene rings is 2. The number of aromatic amines is 1. The van der Waals surface area contributed by atoms with Gasteiger partial charge in [-0.1, -0.05) is 23.5 Å². The van der Waals surface area contributed by atoms with Crippen molar-refractivity contribution < 1.29 is 56.8 Å². The highest BCUT2D eigenvalue weighted by Crippen LogP contribution is 2.82. The van der Waals surface area contributed by atoms with Gasteiger partial charge in [-0.25, -0.2) is 29.3 Å². The third-order valence-electron chi connectivity index (χ3n) is 12.0. The maximum Gasteiger partial charge on any atom is 0.472 e. The lowest BCUT2D eigenvalue weighted by atomic mass is 10.0. The Morgan fingerprint density at radius 2 is 1.76 bits per heavy atom. The maximum atomic E-state index is 15.9. The topological polar surface area (TPSA) is 326 Å². The molecule has 4 fully saturated rings. The number of methoxy groups -OCH3 is 1. The standard InChI is InChI=1S/C37H38N10O13P2S/c1-55-27-22-11-56-61(52,63-12-17-2-8-20(9-3-17)58-35(51)18-4-6-19(48)7-5-18)29-26(49)25(46-15-42-23-30(38)40-14-41-31(23)46)21-10-37(21,29)13-57-62(53,54)60-28(27)34(59-22)47-16-43-24-32(47)44-36(39)45-33(24)50/h2-9,14-16,21-22,25-29,34,48-49H,10-13H2,1H3,(H,53,54)(H2,38,40,41)(H3,39,44,45,50)/t21-,22-,25-,26+,27-,28-,29+,34-,37?,61+/m1/s1. The van der Waals surface area contributed by atoms with Gasteiger partial charge in [-0.2, -0.15) is 4.98 Å². The lowest BCUT2D eigenvalue weighted by Gasteiger charge is -2.35. The number of nitrogen functional groups attached to an aromatic ring is 2. The molecule has 2 aliphatic heterocycles. The smallest absolute Gasteiger partial charge is 0.472 e. The monoisotopic (exact) mass is 924 g/mol. The number of esters is 1. The molecular formula is C37H38N10O13P2S. The van der Waals surface area contributed by atoms with Gasteiger partial charge in [0.15, 0.2) is 28.9 Å². The van der Waals surface area contributed by atoms with Crippen LogP contribution in [0.5, 0.6) is 11.5 Å². The summed E-state index contributed by atoms with van der Waals surface area (Å²) in [5.41, 5.74) is 10.3. The minimum Gasteiger partial charge on any atom is -0.508 e. The first-order chi connectivity index (χ1) is 30.2. The molecule has 10 rings (SSSR count). The van der Waals surface area contributed by atoms with Gasteiger partial charge in [0.25, 0.3) is 12.1 Å². The number of hydrogen-bond donors (Lipinski definition) is 6. The van der Waals surface area contributed by atoms with E-state index in [1.165, 1.54) is 54.9 Å². The van der Waals surface area contributed by atoms with Crippen LogP contribution in [0.4, 0.5) is 11.8 Å². The summed E-state index contributed by atoms with van der Waals surface area (Å²) in [5, 5.41) is 22.0. The third-order valence-corrected chi connectivity index (χ3v) is 18.3. The number of imidazole rings is 2. The Balaban J connectivity index is 1.00. The Hall–Kier alpha value is -5.26. The van der Waals surface area contributed by atoms with E-state index in [1.807, 2.05) is 0 Å². The van der Waals surface area contributed by atoms with Crippen molar-refractivity contribution in [1.82, 2.24) is 39.0 Å². The van der Waals surface area contributed by atoms with Gasteiger partial charge >= 0.3 is 13.8 Å². The highest BCUT2D eigenvalue weighted by atomic mass is 32.7. The van der Waals surface area contributed by atoms with Crippen LogP contribution in [0, 0.1) is 11.3 Å². The Kier molecular flexibility index (Phi) is 10.2. The zero-order valence-electron chi connectivity index (χ0n) is 32.8. The minimum atomic E-state index is -5.03. The number of carbonyl (C=O) groups is 1. The fourth-order valence-electron chi connectivity index (χ4n) is 9.05. The molecule has 6 heterocycles. The van der Waals surface area contributed by atoms with Crippen molar-refractivity contribution in [2.45, 2.75) is 54.5 Å². The molecule has 2 bridgehead atoms. The summed E-state index contributed by atoms with van der Waals surface area (Å²) in [6, 6.07) is 11.3. The van der Waals surface area contributed by atoms with Gasteiger partial charge in [-0.05, 0) is 54.3 Å². The zero-order chi connectivity index (χ0) is 44.0. The SMILES string of the molecule is CO[C@H]1[C@H]2OP(=O)(O)OCC34C[C@@H]3[C@@H](n3cnc5c(N)ncnc53)[C@H](O)[C@@H]4[P@@](=O)(SCc3ccc(OC(=O)c4ccc(O)cc4)cc3)OC[C@H]1O[C@H]2n1cnc2c(=O)[nH]c(N)nc21. The number of aromatic hydroxyl groups is 1. The molecule has 11 atom stereocenters. The Morgan fingerprint density at radius 3 is 2.52 bits per heavy atom. The minimum absolute atomic E-state index is 0.000167. The molecule has 4 aliphatic rings. The molecule has 23 nitrogen and oxygen atoms in total. The first-order valence-electron chi connectivity index (χ1n) is 19.3. The van der Waals surface area contributed by atoms with Crippen LogP contribution in [-0.2, 0) is 37.9 Å². The van der Waals surface area contributed by atoms with Gasteiger partial charge < -0.3 is 49.9 Å². The van der Waals surface area contributed by atoms with E-state index < -0.39 is 92.8 Å². The van der Waals surface area contributed by atoms with Crippen LogP contribution in [0.15, 0.2) is 72.3 Å². The lowest BCUT2D eigenvalue weighted by molar-refractivity contribution is -0.0487. The molecule has 8 N–H and O–H groups in total. The summed E-state index contributed by atoms with van der Waals surface area (Å²) in [6.45, 7) is -5.10. The number of hydrogen-bond acceptors (Lipinski definition) is 20. The number of H-pyrrole nitrogens is 1. The van der Waals surface area contributed by atoms with Gasteiger partial charge in [0.2, 0.25) is 5.95 Å². The molecule has 1 spiro atoms. The number of rotatable bonds is 8. The molecule has 0 radical (unpaired) electrons. The molecule has 6 aromatic rings. The maximum absolute atomic E-state index is 15.9. The quantitative estimate of drug-likeness (QED) is 0.0726. The Labute approximate surface area is 358 Å². The van der Waals surface area contributed by atoms with Crippen molar-refractivity contribution in [2.24, 2.45) is 11.3 Å². The average molecular weight is 925 g/mol. The third kappa shape index (κ3) is 7.19. The number of ether oxygens (including phenoxy) is 3. The number of carbonyl (C=O) groups excluding carboxylic acids is 1. The van der Waals surface area contributed by atoms with Crippen LogP contribution in [0.3, 0.4) is 0 Å².